The van der Waals surface area contributed by atoms with Crippen molar-refractivity contribution < 1.29 is 0 Å². The highest BCUT2D eigenvalue weighted by Gasteiger charge is 1.99. The summed E-state index contributed by atoms with van der Waals surface area (Å²) in [5.74, 6) is 0. The van der Waals surface area contributed by atoms with Crippen LogP contribution in [0.5, 0.6) is 0 Å². The first kappa shape index (κ1) is 12.2. The van der Waals surface area contributed by atoms with E-state index in [1.807, 2.05) is 0 Å². The summed E-state index contributed by atoms with van der Waals surface area (Å²) in [6.07, 6.45) is 1.07. The predicted molar refractivity (Wildman–Crippen MR) is 66.1 cm³/mol. The Morgan fingerprint density at radius 3 is 2.60 bits per heavy atom. The van der Waals surface area contributed by atoms with Gasteiger partial charge in [0, 0.05) is 12.6 Å². The van der Waals surface area contributed by atoms with Crippen LogP contribution in [-0.2, 0) is 6.42 Å². The van der Waals surface area contributed by atoms with Crippen LogP contribution < -0.4 is 11.1 Å². The molecule has 0 aliphatic carbocycles. The summed E-state index contributed by atoms with van der Waals surface area (Å²) in [6.45, 7) is 8.12. The number of nitrogens with one attached hydrogen (secondary N) is 1. The smallest absolute Gasteiger partial charge is 0.0162 e. The van der Waals surface area contributed by atoms with Crippen LogP contribution in [0.2, 0.25) is 0 Å². The molecule has 0 unspecified atom stereocenters. The molecule has 0 radical (unpaired) electrons. The third kappa shape index (κ3) is 4.02. The average Bonchev–Trinajstić information content (AvgIpc) is 2.23. The number of hydrogen-bond acceptors (Lipinski definition) is 2. The maximum Gasteiger partial charge on any atom is 0.0162 e. The van der Waals surface area contributed by atoms with E-state index in [0.717, 1.165) is 13.0 Å². The molecule has 0 heterocycles. The van der Waals surface area contributed by atoms with Crippen LogP contribution in [0, 0.1) is 13.8 Å². The molecule has 1 aromatic rings. The van der Waals surface area contributed by atoms with Crippen LogP contribution in [0.1, 0.15) is 23.6 Å². The largest absolute Gasteiger partial charge is 0.329 e. The Hall–Kier alpha value is -0.860. The fourth-order valence-corrected chi connectivity index (χ4v) is 1.51. The van der Waals surface area contributed by atoms with Crippen LogP contribution in [0.3, 0.4) is 0 Å². The highest BCUT2D eigenvalue weighted by Crippen LogP contribution is 2.09. The molecule has 84 valence electrons. The van der Waals surface area contributed by atoms with Gasteiger partial charge in [0.2, 0.25) is 0 Å². The van der Waals surface area contributed by atoms with E-state index in [-0.39, 0.29) is 0 Å². The summed E-state index contributed by atoms with van der Waals surface area (Å²) >= 11 is 0. The van der Waals surface area contributed by atoms with Gasteiger partial charge in [0.15, 0.2) is 0 Å². The van der Waals surface area contributed by atoms with Gasteiger partial charge in [-0.15, -0.1) is 0 Å². The summed E-state index contributed by atoms with van der Waals surface area (Å²) in [7, 11) is 0. The maximum atomic E-state index is 5.53. The lowest BCUT2D eigenvalue weighted by Gasteiger charge is -2.11. The van der Waals surface area contributed by atoms with Gasteiger partial charge < -0.3 is 11.1 Å². The molecule has 0 saturated heterocycles. The SMILES string of the molecule is Cc1ccc(CCN[C@@H](C)CN)cc1C. The molecule has 0 aromatic heterocycles. The van der Waals surface area contributed by atoms with Gasteiger partial charge in [-0.25, -0.2) is 0 Å². The number of nitrogens with two attached hydrogens (primary N) is 1. The van der Waals surface area contributed by atoms with Crippen molar-refractivity contribution in [3.05, 3.63) is 34.9 Å². The summed E-state index contributed by atoms with van der Waals surface area (Å²) in [5, 5.41) is 3.39. The molecule has 0 spiro atoms. The van der Waals surface area contributed by atoms with Crippen molar-refractivity contribution in [2.45, 2.75) is 33.2 Å². The van der Waals surface area contributed by atoms with Gasteiger partial charge in [-0.05, 0) is 50.4 Å². The molecular weight excluding hydrogens is 184 g/mol. The number of benzene rings is 1. The molecule has 1 atom stereocenters. The summed E-state index contributed by atoms with van der Waals surface area (Å²) in [5.41, 5.74) is 9.67. The Morgan fingerprint density at radius 2 is 2.00 bits per heavy atom. The van der Waals surface area contributed by atoms with Crippen molar-refractivity contribution in [1.29, 1.82) is 0 Å². The van der Waals surface area contributed by atoms with Crippen LogP contribution in [0.15, 0.2) is 18.2 Å². The second-order valence-corrected chi connectivity index (χ2v) is 4.26. The standard InChI is InChI=1S/C13H22N2/c1-10-4-5-13(8-11(10)2)6-7-15-12(3)9-14/h4-5,8,12,15H,6-7,9,14H2,1-3H3/t12-/m0/s1. The molecule has 0 fully saturated rings. The molecule has 0 aliphatic heterocycles. The summed E-state index contributed by atoms with van der Waals surface area (Å²) < 4.78 is 0. The minimum Gasteiger partial charge on any atom is -0.329 e. The second-order valence-electron chi connectivity index (χ2n) is 4.26. The van der Waals surface area contributed by atoms with Crippen LogP contribution in [0.4, 0.5) is 0 Å². The first-order valence-electron chi connectivity index (χ1n) is 5.63. The van der Waals surface area contributed by atoms with E-state index in [9.17, 15) is 0 Å². The third-order valence-corrected chi connectivity index (χ3v) is 2.83. The van der Waals surface area contributed by atoms with Crippen molar-refractivity contribution in [3.63, 3.8) is 0 Å². The number of aryl methyl sites for hydroxylation is 2. The van der Waals surface area contributed by atoms with E-state index in [1.165, 1.54) is 16.7 Å². The lowest BCUT2D eigenvalue weighted by Crippen LogP contribution is -2.34. The normalized spacial score (nSPS) is 12.8. The third-order valence-electron chi connectivity index (χ3n) is 2.83. The molecule has 0 amide bonds. The molecule has 1 aromatic carbocycles. The fraction of sp³-hybridized carbons (Fsp3) is 0.538. The van der Waals surface area contributed by atoms with Gasteiger partial charge in [-0.3, -0.25) is 0 Å². The van der Waals surface area contributed by atoms with E-state index < -0.39 is 0 Å². The van der Waals surface area contributed by atoms with Crippen LogP contribution >= 0.6 is 0 Å². The van der Waals surface area contributed by atoms with Crippen LogP contribution in [-0.4, -0.2) is 19.1 Å². The Labute approximate surface area is 92.9 Å². The van der Waals surface area contributed by atoms with Crippen molar-refractivity contribution in [2.75, 3.05) is 13.1 Å². The zero-order valence-electron chi connectivity index (χ0n) is 10.0. The minimum absolute atomic E-state index is 0.413. The minimum atomic E-state index is 0.413. The maximum absolute atomic E-state index is 5.53. The predicted octanol–water partition coefficient (Wildman–Crippen LogP) is 1.78. The highest BCUT2D eigenvalue weighted by molar-refractivity contribution is 5.29. The Morgan fingerprint density at radius 1 is 1.27 bits per heavy atom. The zero-order chi connectivity index (χ0) is 11.3. The van der Waals surface area contributed by atoms with Gasteiger partial charge in [0.1, 0.15) is 0 Å². The highest BCUT2D eigenvalue weighted by atomic mass is 14.9. The fourth-order valence-electron chi connectivity index (χ4n) is 1.51. The number of hydrogen-bond donors (Lipinski definition) is 2. The summed E-state index contributed by atoms with van der Waals surface area (Å²) in [6, 6.07) is 7.08. The van der Waals surface area contributed by atoms with Crippen molar-refractivity contribution >= 4 is 0 Å². The van der Waals surface area contributed by atoms with E-state index >= 15 is 0 Å². The lowest BCUT2D eigenvalue weighted by molar-refractivity contribution is 0.559. The Bertz CT molecular complexity index is 307. The molecule has 2 nitrogen and oxygen atoms in total. The molecule has 0 saturated carbocycles. The van der Waals surface area contributed by atoms with Gasteiger partial charge in [0.25, 0.3) is 0 Å². The van der Waals surface area contributed by atoms with E-state index in [0.29, 0.717) is 12.6 Å². The van der Waals surface area contributed by atoms with E-state index in [4.69, 9.17) is 5.73 Å². The lowest BCUT2D eigenvalue weighted by atomic mass is 10.0. The monoisotopic (exact) mass is 206 g/mol. The van der Waals surface area contributed by atoms with Crippen molar-refractivity contribution in [3.8, 4) is 0 Å². The van der Waals surface area contributed by atoms with E-state index in [2.05, 4.69) is 44.3 Å². The number of rotatable bonds is 5. The molecule has 0 aliphatic rings. The second kappa shape index (κ2) is 5.89. The molecule has 0 bridgehead atoms. The van der Waals surface area contributed by atoms with Gasteiger partial charge in [-0.2, -0.15) is 0 Å². The van der Waals surface area contributed by atoms with Gasteiger partial charge in [0.05, 0.1) is 0 Å². The molecule has 2 heteroatoms. The summed E-state index contributed by atoms with van der Waals surface area (Å²) in [4.78, 5) is 0. The first-order chi connectivity index (χ1) is 7.13. The van der Waals surface area contributed by atoms with Crippen molar-refractivity contribution in [1.82, 2.24) is 5.32 Å². The zero-order valence-corrected chi connectivity index (χ0v) is 10.0. The van der Waals surface area contributed by atoms with Gasteiger partial charge >= 0.3 is 0 Å². The first-order valence-corrected chi connectivity index (χ1v) is 5.63. The van der Waals surface area contributed by atoms with Crippen molar-refractivity contribution in [2.24, 2.45) is 5.73 Å². The van der Waals surface area contributed by atoms with E-state index in [1.54, 1.807) is 0 Å². The molecule has 3 N–H and O–H groups in total. The average molecular weight is 206 g/mol. The molecular formula is C13H22N2. The quantitative estimate of drug-likeness (QED) is 0.770. The Kier molecular flexibility index (Phi) is 4.79. The van der Waals surface area contributed by atoms with Gasteiger partial charge in [-0.1, -0.05) is 18.2 Å². The Balaban J connectivity index is 2.41. The molecule has 15 heavy (non-hydrogen) atoms. The molecule has 1 rings (SSSR count). The topological polar surface area (TPSA) is 38.0 Å². The van der Waals surface area contributed by atoms with Crippen LogP contribution in [0.25, 0.3) is 0 Å².